The lowest BCUT2D eigenvalue weighted by molar-refractivity contribution is 0.0587. The van der Waals surface area contributed by atoms with Gasteiger partial charge < -0.3 is 19.1 Å². The van der Waals surface area contributed by atoms with Gasteiger partial charge in [0.2, 0.25) is 6.79 Å². The number of hydrogen-bond acceptors (Lipinski definition) is 5. The maximum absolute atomic E-state index is 13.2. The van der Waals surface area contributed by atoms with Crippen molar-refractivity contribution in [2.24, 2.45) is 0 Å². The smallest absolute Gasteiger partial charge is 0.338 e. The molecule has 2 aliphatic rings. The number of esters is 1. The largest absolute Gasteiger partial charge is 0.465 e. The van der Waals surface area contributed by atoms with Crippen LogP contribution in [-0.4, -0.2) is 36.7 Å². The normalized spacial score (nSPS) is 14.8. The van der Waals surface area contributed by atoms with Crippen LogP contribution in [0, 0.1) is 0 Å². The lowest BCUT2D eigenvalue weighted by Gasteiger charge is -2.24. The minimum absolute atomic E-state index is 0.173. The molecule has 1 aliphatic carbocycles. The third-order valence-electron chi connectivity index (χ3n) is 4.63. The fourth-order valence-corrected chi connectivity index (χ4v) is 3.16. The first-order valence-electron chi connectivity index (χ1n) is 8.55. The maximum atomic E-state index is 13.2. The summed E-state index contributed by atoms with van der Waals surface area (Å²) in [6.45, 7) is 0.598. The fourth-order valence-electron chi connectivity index (χ4n) is 3.16. The first-order valence-corrected chi connectivity index (χ1v) is 8.55. The Morgan fingerprint density at radius 2 is 1.85 bits per heavy atom. The Balaban J connectivity index is 1.65. The molecule has 134 valence electrons. The van der Waals surface area contributed by atoms with E-state index in [0.717, 1.165) is 18.4 Å². The van der Waals surface area contributed by atoms with Gasteiger partial charge in [-0.2, -0.15) is 0 Å². The number of para-hydroxylation sites is 1. The number of carbonyl (C=O) groups is 2. The van der Waals surface area contributed by atoms with Crippen molar-refractivity contribution in [1.82, 2.24) is 4.90 Å². The zero-order valence-corrected chi connectivity index (χ0v) is 14.4. The molecule has 1 fully saturated rings. The molecule has 0 radical (unpaired) electrons. The Kier molecular flexibility index (Phi) is 4.24. The number of fused-ring (bicyclic) bond motifs is 1. The lowest BCUT2D eigenvalue weighted by Crippen LogP contribution is -2.33. The molecular formula is C20H19NO5. The van der Waals surface area contributed by atoms with Gasteiger partial charge in [0.25, 0.3) is 5.91 Å². The molecule has 0 bridgehead atoms. The number of methoxy groups -OCH3 is 1. The first-order chi connectivity index (χ1) is 12.7. The van der Waals surface area contributed by atoms with Crippen LogP contribution in [0.5, 0.6) is 11.5 Å². The first kappa shape index (κ1) is 16.4. The summed E-state index contributed by atoms with van der Waals surface area (Å²) in [7, 11) is 1.31. The van der Waals surface area contributed by atoms with E-state index < -0.39 is 5.97 Å². The van der Waals surface area contributed by atoms with Gasteiger partial charge in [0.1, 0.15) is 0 Å². The summed E-state index contributed by atoms with van der Waals surface area (Å²) < 4.78 is 15.8. The van der Waals surface area contributed by atoms with Gasteiger partial charge in [-0.3, -0.25) is 4.79 Å². The minimum Gasteiger partial charge on any atom is -0.465 e. The van der Waals surface area contributed by atoms with Gasteiger partial charge in [-0.05, 0) is 31.0 Å². The van der Waals surface area contributed by atoms with Crippen molar-refractivity contribution in [3.63, 3.8) is 0 Å². The van der Waals surface area contributed by atoms with Crippen LogP contribution in [0.2, 0.25) is 0 Å². The van der Waals surface area contributed by atoms with E-state index in [2.05, 4.69) is 0 Å². The van der Waals surface area contributed by atoms with Gasteiger partial charge in [-0.1, -0.05) is 24.3 Å². The summed E-state index contributed by atoms with van der Waals surface area (Å²) in [5.41, 5.74) is 1.54. The molecule has 1 saturated carbocycles. The van der Waals surface area contributed by atoms with Crippen molar-refractivity contribution in [2.45, 2.75) is 25.4 Å². The minimum atomic E-state index is -0.512. The van der Waals surface area contributed by atoms with E-state index in [1.807, 2.05) is 18.2 Å². The average molecular weight is 353 g/mol. The molecule has 1 amide bonds. The van der Waals surface area contributed by atoms with Crippen LogP contribution in [0.25, 0.3) is 0 Å². The van der Waals surface area contributed by atoms with Crippen LogP contribution in [0.1, 0.15) is 39.1 Å². The third kappa shape index (κ3) is 2.98. The summed E-state index contributed by atoms with van der Waals surface area (Å²) in [6, 6.07) is 12.6. The summed E-state index contributed by atoms with van der Waals surface area (Å²) in [4.78, 5) is 27.1. The second-order valence-electron chi connectivity index (χ2n) is 6.35. The third-order valence-corrected chi connectivity index (χ3v) is 4.63. The molecule has 2 aromatic carbocycles. The van der Waals surface area contributed by atoms with Gasteiger partial charge in [0.05, 0.1) is 24.8 Å². The summed E-state index contributed by atoms with van der Waals surface area (Å²) >= 11 is 0. The second kappa shape index (κ2) is 6.71. The molecule has 4 rings (SSSR count). The highest BCUT2D eigenvalue weighted by Gasteiger charge is 2.35. The lowest BCUT2D eigenvalue weighted by atomic mass is 10.1. The van der Waals surface area contributed by atoms with Crippen molar-refractivity contribution >= 4 is 11.9 Å². The Morgan fingerprint density at radius 1 is 1.08 bits per heavy atom. The summed E-state index contributed by atoms with van der Waals surface area (Å²) in [6.07, 6.45) is 1.91. The van der Waals surface area contributed by atoms with Crippen LogP contribution in [0.3, 0.4) is 0 Å². The number of ether oxygens (including phenoxy) is 3. The van der Waals surface area contributed by atoms with Crippen LogP contribution in [0.15, 0.2) is 42.5 Å². The van der Waals surface area contributed by atoms with Crippen molar-refractivity contribution < 1.29 is 23.8 Å². The predicted molar refractivity (Wildman–Crippen MR) is 93.2 cm³/mol. The van der Waals surface area contributed by atoms with Gasteiger partial charge in [0, 0.05) is 11.6 Å². The fraction of sp³-hybridized carbons (Fsp3) is 0.300. The van der Waals surface area contributed by atoms with Crippen LogP contribution in [0.4, 0.5) is 0 Å². The topological polar surface area (TPSA) is 65.1 Å². The number of carbonyl (C=O) groups excluding carboxylic acids is 2. The Bertz CT molecular complexity index is 859. The van der Waals surface area contributed by atoms with E-state index >= 15 is 0 Å². The van der Waals surface area contributed by atoms with Crippen LogP contribution >= 0.6 is 0 Å². The van der Waals surface area contributed by atoms with Gasteiger partial charge in [-0.25, -0.2) is 4.79 Å². The number of amides is 1. The monoisotopic (exact) mass is 353 g/mol. The summed E-state index contributed by atoms with van der Waals surface area (Å²) in [5.74, 6) is 0.694. The average Bonchev–Trinajstić information content (AvgIpc) is 3.40. The second-order valence-corrected chi connectivity index (χ2v) is 6.35. The Labute approximate surface area is 151 Å². The van der Waals surface area contributed by atoms with E-state index in [4.69, 9.17) is 14.2 Å². The van der Waals surface area contributed by atoms with E-state index in [9.17, 15) is 9.59 Å². The number of rotatable bonds is 5. The van der Waals surface area contributed by atoms with Crippen molar-refractivity contribution in [3.8, 4) is 11.5 Å². The molecule has 26 heavy (non-hydrogen) atoms. The molecule has 0 aromatic heterocycles. The molecule has 0 saturated heterocycles. The highest BCUT2D eigenvalue weighted by atomic mass is 16.7. The number of nitrogens with zero attached hydrogens (tertiary/aromatic N) is 1. The van der Waals surface area contributed by atoms with E-state index in [1.165, 1.54) is 7.11 Å². The zero-order valence-electron chi connectivity index (χ0n) is 14.4. The maximum Gasteiger partial charge on any atom is 0.338 e. The molecular weight excluding hydrogens is 334 g/mol. The molecule has 6 heteroatoms. The van der Waals surface area contributed by atoms with Crippen molar-refractivity contribution in [1.29, 1.82) is 0 Å². The standard InChI is InChI=1S/C20H19NO5/c1-24-20(23)16-7-3-2-6-15(16)19(22)21(14-9-10-14)11-13-5-4-8-17-18(13)26-12-25-17/h2-8,14H,9-12H2,1H3. The Morgan fingerprint density at radius 3 is 2.58 bits per heavy atom. The van der Waals surface area contributed by atoms with E-state index in [-0.39, 0.29) is 24.3 Å². The highest BCUT2D eigenvalue weighted by molar-refractivity contribution is 6.05. The molecule has 0 unspecified atom stereocenters. The van der Waals surface area contributed by atoms with Gasteiger partial charge in [-0.15, -0.1) is 0 Å². The van der Waals surface area contributed by atoms with E-state index in [0.29, 0.717) is 23.6 Å². The number of benzene rings is 2. The zero-order chi connectivity index (χ0) is 18.1. The molecule has 0 spiro atoms. The van der Waals surface area contributed by atoms with Gasteiger partial charge in [0.15, 0.2) is 11.5 Å². The van der Waals surface area contributed by atoms with Gasteiger partial charge >= 0.3 is 5.97 Å². The van der Waals surface area contributed by atoms with Crippen molar-refractivity contribution in [3.05, 3.63) is 59.2 Å². The molecule has 6 nitrogen and oxygen atoms in total. The van der Waals surface area contributed by atoms with Crippen LogP contribution < -0.4 is 9.47 Å². The number of hydrogen-bond donors (Lipinski definition) is 0. The Hall–Kier alpha value is -3.02. The SMILES string of the molecule is COC(=O)c1ccccc1C(=O)N(Cc1cccc2c1OCO2)C1CC1. The van der Waals surface area contributed by atoms with Crippen LogP contribution in [-0.2, 0) is 11.3 Å². The molecule has 1 heterocycles. The molecule has 0 N–H and O–H groups in total. The quantitative estimate of drug-likeness (QED) is 0.773. The summed E-state index contributed by atoms with van der Waals surface area (Å²) in [5, 5.41) is 0. The highest BCUT2D eigenvalue weighted by Crippen LogP contribution is 2.38. The predicted octanol–water partition coefficient (Wildman–Crippen LogP) is 3.01. The molecule has 1 aliphatic heterocycles. The van der Waals surface area contributed by atoms with E-state index in [1.54, 1.807) is 29.2 Å². The van der Waals surface area contributed by atoms with Crippen molar-refractivity contribution in [2.75, 3.05) is 13.9 Å². The molecule has 0 atom stereocenters. The molecule has 2 aromatic rings.